The third-order valence-electron chi connectivity index (χ3n) is 4.31. The van der Waals surface area contributed by atoms with Crippen LogP contribution >= 0.6 is 15.9 Å². The number of hydrogen-bond donors (Lipinski definition) is 1. The molecule has 0 aromatic heterocycles. The van der Waals surface area contributed by atoms with E-state index < -0.39 is 0 Å². The van der Waals surface area contributed by atoms with Gasteiger partial charge in [0, 0.05) is 24.7 Å². The molecule has 1 N–H and O–H groups in total. The van der Waals surface area contributed by atoms with Crippen molar-refractivity contribution < 1.29 is 4.74 Å². The van der Waals surface area contributed by atoms with Crippen LogP contribution in [0.1, 0.15) is 37.7 Å². The van der Waals surface area contributed by atoms with Crippen molar-refractivity contribution in [3.05, 3.63) is 28.2 Å². The van der Waals surface area contributed by atoms with Crippen molar-refractivity contribution in [3.63, 3.8) is 0 Å². The molecule has 1 saturated heterocycles. The minimum atomic E-state index is 0.727. The van der Waals surface area contributed by atoms with Crippen molar-refractivity contribution in [1.82, 2.24) is 10.2 Å². The first kappa shape index (κ1) is 15.3. The largest absolute Gasteiger partial charge is 0.491 e. The van der Waals surface area contributed by atoms with Gasteiger partial charge in [0.25, 0.3) is 0 Å². The van der Waals surface area contributed by atoms with Crippen molar-refractivity contribution in [1.29, 1.82) is 0 Å². The van der Waals surface area contributed by atoms with Gasteiger partial charge in [0.15, 0.2) is 0 Å². The van der Waals surface area contributed by atoms with Crippen LogP contribution in [0, 0.1) is 0 Å². The minimum absolute atomic E-state index is 0.727. The van der Waals surface area contributed by atoms with Crippen LogP contribution in [0.2, 0.25) is 0 Å². The van der Waals surface area contributed by atoms with Gasteiger partial charge in [-0.1, -0.05) is 18.6 Å². The Morgan fingerprint density at radius 1 is 1.19 bits per heavy atom. The predicted octanol–water partition coefficient (Wildman–Crippen LogP) is 3.57. The molecule has 0 amide bonds. The molecule has 0 radical (unpaired) electrons. The average molecular weight is 353 g/mol. The number of halogens is 1. The van der Waals surface area contributed by atoms with Gasteiger partial charge in [-0.2, -0.15) is 0 Å². The van der Waals surface area contributed by atoms with Gasteiger partial charge in [0.2, 0.25) is 0 Å². The van der Waals surface area contributed by atoms with E-state index in [2.05, 4.69) is 44.3 Å². The Hall–Kier alpha value is -0.580. The zero-order valence-corrected chi connectivity index (χ0v) is 14.2. The minimum Gasteiger partial charge on any atom is -0.491 e. The van der Waals surface area contributed by atoms with Crippen molar-refractivity contribution in [2.45, 2.75) is 44.7 Å². The van der Waals surface area contributed by atoms with E-state index in [4.69, 9.17) is 4.74 Å². The number of hydrogen-bond acceptors (Lipinski definition) is 3. The molecule has 0 unspecified atom stereocenters. The molecular weight excluding hydrogens is 328 g/mol. The molecule has 0 spiro atoms. The summed E-state index contributed by atoms with van der Waals surface area (Å²) in [5.41, 5.74) is 1.26. The highest BCUT2D eigenvalue weighted by Crippen LogP contribution is 2.30. The van der Waals surface area contributed by atoms with E-state index in [9.17, 15) is 0 Å². The van der Waals surface area contributed by atoms with Crippen LogP contribution in [-0.4, -0.2) is 37.2 Å². The highest BCUT2D eigenvalue weighted by atomic mass is 79.9. The van der Waals surface area contributed by atoms with Crippen LogP contribution in [0.3, 0.4) is 0 Å². The van der Waals surface area contributed by atoms with Gasteiger partial charge in [-0.25, -0.2) is 0 Å². The first-order valence-corrected chi connectivity index (χ1v) is 8.98. The molecule has 0 bridgehead atoms. The second-order valence-electron chi connectivity index (χ2n) is 6.13. The molecule has 1 aliphatic carbocycles. The van der Waals surface area contributed by atoms with E-state index >= 15 is 0 Å². The standard InChI is InChI=1S/C17H25BrN2O/c18-16-6-4-5-14(13-19-15-7-8-15)17(16)21-12-11-20-9-2-1-3-10-20/h4-6,15,19H,1-3,7-13H2. The highest BCUT2D eigenvalue weighted by Gasteiger charge is 2.21. The molecule has 116 valence electrons. The molecule has 4 heteroatoms. The SMILES string of the molecule is Brc1cccc(CNC2CC2)c1OCCN1CCCCC1. The van der Waals surface area contributed by atoms with Crippen LogP contribution in [0.25, 0.3) is 0 Å². The molecule has 1 aromatic carbocycles. The Bertz CT molecular complexity index is 456. The Morgan fingerprint density at radius 3 is 2.76 bits per heavy atom. The Labute approximate surface area is 136 Å². The van der Waals surface area contributed by atoms with Gasteiger partial charge in [-0.3, -0.25) is 4.90 Å². The lowest BCUT2D eigenvalue weighted by molar-refractivity contribution is 0.182. The summed E-state index contributed by atoms with van der Waals surface area (Å²) in [7, 11) is 0. The molecule has 1 aliphatic heterocycles. The summed E-state index contributed by atoms with van der Waals surface area (Å²) in [5, 5.41) is 3.57. The monoisotopic (exact) mass is 352 g/mol. The maximum Gasteiger partial charge on any atom is 0.138 e. The highest BCUT2D eigenvalue weighted by molar-refractivity contribution is 9.10. The Kier molecular flexibility index (Phi) is 5.55. The van der Waals surface area contributed by atoms with Crippen molar-refractivity contribution in [2.75, 3.05) is 26.2 Å². The van der Waals surface area contributed by atoms with Crippen LogP contribution in [-0.2, 0) is 6.54 Å². The van der Waals surface area contributed by atoms with Gasteiger partial charge in [-0.15, -0.1) is 0 Å². The molecule has 0 atom stereocenters. The summed E-state index contributed by atoms with van der Waals surface area (Å²) in [6.45, 7) is 5.18. The lowest BCUT2D eigenvalue weighted by atomic mass is 10.1. The lowest BCUT2D eigenvalue weighted by Crippen LogP contribution is -2.33. The number of piperidine rings is 1. The third kappa shape index (κ3) is 4.70. The van der Waals surface area contributed by atoms with E-state index in [-0.39, 0.29) is 0 Å². The number of rotatable bonds is 7. The van der Waals surface area contributed by atoms with Gasteiger partial charge in [0.05, 0.1) is 4.47 Å². The predicted molar refractivity (Wildman–Crippen MR) is 89.8 cm³/mol. The maximum absolute atomic E-state index is 6.09. The van der Waals surface area contributed by atoms with Gasteiger partial charge in [-0.05, 0) is 60.8 Å². The second-order valence-corrected chi connectivity index (χ2v) is 6.99. The zero-order valence-electron chi connectivity index (χ0n) is 12.6. The number of nitrogens with one attached hydrogen (secondary N) is 1. The lowest BCUT2D eigenvalue weighted by Gasteiger charge is -2.26. The second kappa shape index (κ2) is 7.61. The van der Waals surface area contributed by atoms with Crippen LogP contribution < -0.4 is 10.1 Å². The van der Waals surface area contributed by atoms with Gasteiger partial charge < -0.3 is 10.1 Å². The fraction of sp³-hybridized carbons (Fsp3) is 0.647. The molecule has 2 fully saturated rings. The first-order valence-electron chi connectivity index (χ1n) is 8.19. The molecule has 2 aliphatic rings. The van der Waals surface area contributed by atoms with Crippen LogP contribution in [0.4, 0.5) is 0 Å². The fourth-order valence-corrected chi connectivity index (χ4v) is 3.38. The molecule has 3 rings (SSSR count). The molecule has 3 nitrogen and oxygen atoms in total. The number of benzene rings is 1. The zero-order chi connectivity index (χ0) is 14.5. The van der Waals surface area contributed by atoms with Gasteiger partial charge in [0.1, 0.15) is 12.4 Å². The maximum atomic E-state index is 6.09. The number of likely N-dealkylation sites (tertiary alicyclic amines) is 1. The number of para-hydroxylation sites is 1. The normalized spacial score (nSPS) is 19.7. The fourth-order valence-electron chi connectivity index (χ4n) is 2.86. The van der Waals surface area contributed by atoms with Crippen LogP contribution in [0.15, 0.2) is 22.7 Å². The van der Waals surface area contributed by atoms with E-state index in [0.29, 0.717) is 0 Å². The van der Waals surface area contributed by atoms with Crippen molar-refractivity contribution in [3.8, 4) is 5.75 Å². The molecular formula is C17H25BrN2O. The van der Waals surface area contributed by atoms with E-state index in [1.165, 1.54) is 50.8 Å². The quantitative estimate of drug-likeness (QED) is 0.811. The smallest absolute Gasteiger partial charge is 0.138 e. The summed E-state index contributed by atoms with van der Waals surface area (Å²) in [4.78, 5) is 2.52. The van der Waals surface area contributed by atoms with Crippen molar-refractivity contribution >= 4 is 15.9 Å². The molecule has 21 heavy (non-hydrogen) atoms. The third-order valence-corrected chi connectivity index (χ3v) is 4.93. The summed E-state index contributed by atoms with van der Waals surface area (Å²) >= 11 is 3.63. The summed E-state index contributed by atoms with van der Waals surface area (Å²) < 4.78 is 7.16. The summed E-state index contributed by atoms with van der Waals surface area (Å²) in [6, 6.07) is 7.05. The van der Waals surface area contributed by atoms with Crippen LogP contribution in [0.5, 0.6) is 5.75 Å². The summed E-state index contributed by atoms with van der Waals surface area (Å²) in [5.74, 6) is 1.02. The van der Waals surface area contributed by atoms with E-state index in [1.54, 1.807) is 0 Å². The molecule has 1 aromatic rings. The number of nitrogens with zero attached hydrogens (tertiary/aromatic N) is 1. The topological polar surface area (TPSA) is 24.5 Å². The van der Waals surface area contributed by atoms with Crippen molar-refractivity contribution in [2.24, 2.45) is 0 Å². The summed E-state index contributed by atoms with van der Waals surface area (Å²) in [6.07, 6.45) is 6.70. The first-order chi connectivity index (χ1) is 10.3. The van der Waals surface area contributed by atoms with Gasteiger partial charge >= 0.3 is 0 Å². The average Bonchev–Trinajstić information content (AvgIpc) is 3.33. The Balaban J connectivity index is 1.52. The molecule has 1 saturated carbocycles. The van der Waals surface area contributed by atoms with E-state index in [0.717, 1.165) is 36.0 Å². The molecule has 1 heterocycles. The Morgan fingerprint density at radius 2 is 2.00 bits per heavy atom. The van der Waals surface area contributed by atoms with E-state index in [1.807, 2.05) is 0 Å². The number of ether oxygens (including phenoxy) is 1.